The van der Waals surface area contributed by atoms with Crippen molar-refractivity contribution in [3.8, 4) is 5.75 Å². The maximum atomic E-state index is 5.82. The zero-order valence-electron chi connectivity index (χ0n) is 13.3. The van der Waals surface area contributed by atoms with Crippen molar-refractivity contribution in [1.82, 2.24) is 9.78 Å². The lowest BCUT2D eigenvalue weighted by Gasteiger charge is -2.08. The summed E-state index contributed by atoms with van der Waals surface area (Å²) in [6, 6.07) is 20.9. The van der Waals surface area contributed by atoms with Crippen molar-refractivity contribution in [2.45, 2.75) is 25.8 Å². The highest BCUT2D eigenvalue weighted by Crippen LogP contribution is 2.14. The van der Waals surface area contributed by atoms with E-state index in [1.807, 2.05) is 29.2 Å². The average molecular weight is 306 g/mol. The molecule has 0 N–H and O–H groups in total. The third-order valence-electron chi connectivity index (χ3n) is 3.83. The molecule has 0 atom stereocenters. The van der Waals surface area contributed by atoms with E-state index in [1.165, 1.54) is 11.1 Å². The fourth-order valence-corrected chi connectivity index (χ4v) is 2.54. The normalized spacial score (nSPS) is 10.6. The van der Waals surface area contributed by atoms with Gasteiger partial charge in [0.25, 0.3) is 0 Å². The lowest BCUT2D eigenvalue weighted by atomic mass is 10.1. The molecule has 0 aliphatic carbocycles. The standard InChI is InChI=1S/C20H22N2O/c1-2-6-18(7-3-1)8-4-17-23-20-11-9-19(10-12-20)13-16-22-15-5-14-21-22/h1-3,5-7,9-12,14-15H,4,8,13,16-17H2. The topological polar surface area (TPSA) is 27.1 Å². The van der Waals surface area contributed by atoms with Gasteiger partial charge in [0.05, 0.1) is 6.61 Å². The SMILES string of the molecule is c1ccc(CCCOc2ccc(CCn3cccn3)cc2)cc1. The molecule has 0 spiro atoms. The van der Waals surface area contributed by atoms with Crippen LogP contribution in [0.3, 0.4) is 0 Å². The molecule has 0 aliphatic heterocycles. The molecule has 2 aromatic carbocycles. The minimum absolute atomic E-state index is 0.752. The summed E-state index contributed by atoms with van der Waals surface area (Å²) in [5, 5.41) is 4.22. The molecule has 0 aliphatic rings. The minimum atomic E-state index is 0.752. The van der Waals surface area contributed by atoms with Crippen molar-refractivity contribution in [3.63, 3.8) is 0 Å². The molecule has 3 heteroatoms. The summed E-state index contributed by atoms with van der Waals surface area (Å²) in [7, 11) is 0. The van der Waals surface area contributed by atoms with Gasteiger partial charge in [-0.15, -0.1) is 0 Å². The van der Waals surface area contributed by atoms with Gasteiger partial charge in [-0.3, -0.25) is 4.68 Å². The van der Waals surface area contributed by atoms with Gasteiger partial charge in [-0.2, -0.15) is 5.10 Å². The molecule has 1 heterocycles. The van der Waals surface area contributed by atoms with E-state index in [0.717, 1.165) is 38.2 Å². The Bertz CT molecular complexity index is 675. The zero-order chi connectivity index (χ0) is 15.7. The molecule has 118 valence electrons. The van der Waals surface area contributed by atoms with Crippen LogP contribution in [0, 0.1) is 0 Å². The number of rotatable bonds is 8. The van der Waals surface area contributed by atoms with Gasteiger partial charge in [0.15, 0.2) is 0 Å². The van der Waals surface area contributed by atoms with Crippen LogP contribution in [0.2, 0.25) is 0 Å². The third kappa shape index (κ3) is 4.99. The molecular formula is C20H22N2O. The van der Waals surface area contributed by atoms with Crippen LogP contribution >= 0.6 is 0 Å². The number of hydrogen-bond acceptors (Lipinski definition) is 2. The van der Waals surface area contributed by atoms with Gasteiger partial charge in [0.1, 0.15) is 5.75 Å². The molecular weight excluding hydrogens is 284 g/mol. The first-order chi connectivity index (χ1) is 11.4. The lowest BCUT2D eigenvalue weighted by Crippen LogP contribution is -2.02. The van der Waals surface area contributed by atoms with Crippen LogP contribution in [0.5, 0.6) is 5.75 Å². The summed E-state index contributed by atoms with van der Waals surface area (Å²) in [5.74, 6) is 0.945. The summed E-state index contributed by atoms with van der Waals surface area (Å²) in [6.07, 6.45) is 6.88. The van der Waals surface area contributed by atoms with Crippen LogP contribution in [0.4, 0.5) is 0 Å². The third-order valence-corrected chi connectivity index (χ3v) is 3.83. The summed E-state index contributed by atoms with van der Waals surface area (Å²) in [5.41, 5.74) is 2.67. The molecule has 3 rings (SSSR count). The van der Waals surface area contributed by atoms with Crippen molar-refractivity contribution in [2.75, 3.05) is 6.61 Å². The number of hydrogen-bond donors (Lipinski definition) is 0. The summed E-state index contributed by atoms with van der Waals surface area (Å²) >= 11 is 0. The Labute approximate surface area is 137 Å². The number of benzene rings is 2. The first-order valence-corrected chi connectivity index (χ1v) is 8.13. The second-order valence-corrected chi connectivity index (χ2v) is 5.60. The largest absolute Gasteiger partial charge is 0.494 e. The Kier molecular flexibility index (Phi) is 5.46. The van der Waals surface area contributed by atoms with Gasteiger partial charge in [0.2, 0.25) is 0 Å². The van der Waals surface area contributed by atoms with Gasteiger partial charge < -0.3 is 4.74 Å². The van der Waals surface area contributed by atoms with Crippen LogP contribution in [-0.4, -0.2) is 16.4 Å². The fourth-order valence-electron chi connectivity index (χ4n) is 2.54. The summed E-state index contributed by atoms with van der Waals surface area (Å²) < 4.78 is 7.77. The van der Waals surface area contributed by atoms with Gasteiger partial charge >= 0.3 is 0 Å². The van der Waals surface area contributed by atoms with Crippen molar-refractivity contribution in [1.29, 1.82) is 0 Å². The molecule has 0 amide bonds. The van der Waals surface area contributed by atoms with Crippen LogP contribution < -0.4 is 4.74 Å². The average Bonchev–Trinajstić information content (AvgIpc) is 3.12. The highest BCUT2D eigenvalue weighted by Gasteiger charge is 1.98. The molecule has 3 aromatic rings. The van der Waals surface area contributed by atoms with E-state index in [4.69, 9.17) is 4.74 Å². The van der Waals surface area contributed by atoms with Crippen molar-refractivity contribution in [2.24, 2.45) is 0 Å². The second-order valence-electron chi connectivity index (χ2n) is 5.60. The molecule has 0 saturated heterocycles. The quantitative estimate of drug-likeness (QED) is 0.585. The van der Waals surface area contributed by atoms with E-state index in [0.29, 0.717) is 0 Å². The highest BCUT2D eigenvalue weighted by atomic mass is 16.5. The van der Waals surface area contributed by atoms with Crippen molar-refractivity contribution in [3.05, 3.63) is 84.2 Å². The molecule has 0 radical (unpaired) electrons. The summed E-state index contributed by atoms with van der Waals surface area (Å²) in [4.78, 5) is 0. The van der Waals surface area contributed by atoms with Gasteiger partial charge in [-0.25, -0.2) is 0 Å². The maximum absolute atomic E-state index is 5.82. The van der Waals surface area contributed by atoms with Crippen LogP contribution in [0.1, 0.15) is 17.5 Å². The van der Waals surface area contributed by atoms with E-state index in [9.17, 15) is 0 Å². The van der Waals surface area contributed by atoms with Crippen molar-refractivity contribution < 1.29 is 4.74 Å². The Morgan fingerprint density at radius 2 is 1.61 bits per heavy atom. The van der Waals surface area contributed by atoms with Gasteiger partial charge in [-0.05, 0) is 48.6 Å². The molecule has 1 aromatic heterocycles. The van der Waals surface area contributed by atoms with E-state index in [-0.39, 0.29) is 0 Å². The molecule has 3 nitrogen and oxygen atoms in total. The highest BCUT2D eigenvalue weighted by molar-refractivity contribution is 5.27. The van der Waals surface area contributed by atoms with E-state index in [1.54, 1.807) is 0 Å². The first kappa shape index (κ1) is 15.3. The molecule has 23 heavy (non-hydrogen) atoms. The fraction of sp³-hybridized carbons (Fsp3) is 0.250. The molecule has 0 saturated carbocycles. The smallest absolute Gasteiger partial charge is 0.119 e. The molecule has 0 bridgehead atoms. The Morgan fingerprint density at radius 3 is 2.35 bits per heavy atom. The second kappa shape index (κ2) is 8.18. The van der Waals surface area contributed by atoms with Gasteiger partial charge in [-0.1, -0.05) is 42.5 Å². The zero-order valence-corrected chi connectivity index (χ0v) is 13.3. The lowest BCUT2D eigenvalue weighted by molar-refractivity contribution is 0.311. The first-order valence-electron chi connectivity index (χ1n) is 8.13. The predicted octanol–water partition coefficient (Wildman–Crippen LogP) is 4.14. The number of aryl methyl sites for hydroxylation is 3. The van der Waals surface area contributed by atoms with Gasteiger partial charge in [0, 0.05) is 18.9 Å². The maximum Gasteiger partial charge on any atom is 0.119 e. The predicted molar refractivity (Wildman–Crippen MR) is 92.6 cm³/mol. The van der Waals surface area contributed by atoms with Crippen LogP contribution in [0.25, 0.3) is 0 Å². The number of ether oxygens (including phenoxy) is 1. The number of nitrogens with zero attached hydrogens (tertiary/aromatic N) is 2. The number of aromatic nitrogens is 2. The van der Waals surface area contributed by atoms with E-state index in [2.05, 4.69) is 53.6 Å². The monoisotopic (exact) mass is 306 g/mol. The Balaban J connectivity index is 1.39. The van der Waals surface area contributed by atoms with E-state index < -0.39 is 0 Å². The van der Waals surface area contributed by atoms with Crippen LogP contribution in [0.15, 0.2) is 73.1 Å². The van der Waals surface area contributed by atoms with Crippen LogP contribution in [-0.2, 0) is 19.4 Å². The van der Waals surface area contributed by atoms with Crippen molar-refractivity contribution >= 4 is 0 Å². The molecule has 0 fully saturated rings. The Hall–Kier alpha value is -2.55. The Morgan fingerprint density at radius 1 is 0.826 bits per heavy atom. The van der Waals surface area contributed by atoms with E-state index >= 15 is 0 Å². The summed E-state index contributed by atoms with van der Waals surface area (Å²) in [6.45, 7) is 1.66. The minimum Gasteiger partial charge on any atom is -0.494 e. The molecule has 0 unspecified atom stereocenters.